The number of nitrogens with zero attached hydrogens (tertiary/aromatic N) is 1. The van der Waals surface area contributed by atoms with Crippen LogP contribution in [-0.2, 0) is 9.59 Å². The molecule has 0 saturated carbocycles. The smallest absolute Gasteiger partial charge is 0.230 e. The van der Waals surface area contributed by atoms with Crippen LogP contribution in [0.2, 0.25) is 0 Å². The standard InChI is InChI=1S/C12H25N3O2/c1-4-13-6-8-15(9-7-14-5-2)12(17)10-11(3)16/h13-14H,4-10H2,1-3H3. The van der Waals surface area contributed by atoms with Gasteiger partial charge in [-0.2, -0.15) is 0 Å². The molecule has 0 unspecified atom stereocenters. The van der Waals surface area contributed by atoms with E-state index < -0.39 is 0 Å². The Balaban J connectivity index is 4.07. The summed E-state index contributed by atoms with van der Waals surface area (Å²) >= 11 is 0. The van der Waals surface area contributed by atoms with Crippen molar-refractivity contribution < 1.29 is 9.59 Å². The Labute approximate surface area is 104 Å². The highest BCUT2D eigenvalue weighted by Crippen LogP contribution is 1.94. The first kappa shape index (κ1) is 16.1. The fourth-order valence-corrected chi connectivity index (χ4v) is 1.47. The number of rotatable bonds is 10. The number of hydrogen-bond donors (Lipinski definition) is 2. The Morgan fingerprint density at radius 3 is 1.82 bits per heavy atom. The largest absolute Gasteiger partial charge is 0.340 e. The first-order chi connectivity index (χ1) is 8.11. The molecule has 0 spiro atoms. The summed E-state index contributed by atoms with van der Waals surface area (Å²) in [6.07, 6.45) is 0.0122. The zero-order valence-electron chi connectivity index (χ0n) is 11.2. The normalized spacial score (nSPS) is 10.3. The van der Waals surface area contributed by atoms with Gasteiger partial charge in [-0.1, -0.05) is 13.8 Å². The highest BCUT2D eigenvalue weighted by atomic mass is 16.2. The molecule has 0 aliphatic rings. The molecule has 0 rings (SSSR count). The predicted octanol–water partition coefficient (Wildman–Crippen LogP) is 0.0131. The van der Waals surface area contributed by atoms with Crippen LogP contribution in [0.1, 0.15) is 27.2 Å². The second kappa shape index (κ2) is 10.2. The third-order valence-electron chi connectivity index (χ3n) is 2.37. The molecule has 17 heavy (non-hydrogen) atoms. The maximum absolute atomic E-state index is 11.8. The minimum Gasteiger partial charge on any atom is -0.340 e. The van der Waals surface area contributed by atoms with Crippen LogP contribution in [0.4, 0.5) is 0 Å². The SMILES string of the molecule is CCNCCN(CCNCC)C(=O)CC(C)=O. The Kier molecular flexibility index (Phi) is 9.66. The summed E-state index contributed by atoms with van der Waals surface area (Å²) in [5, 5.41) is 6.36. The molecule has 0 aliphatic heterocycles. The summed E-state index contributed by atoms with van der Waals surface area (Å²) in [4.78, 5) is 24.5. The van der Waals surface area contributed by atoms with Gasteiger partial charge in [0.25, 0.3) is 0 Å². The summed E-state index contributed by atoms with van der Waals surface area (Å²) in [5.74, 6) is -0.153. The van der Waals surface area contributed by atoms with Crippen molar-refractivity contribution in [3.8, 4) is 0 Å². The molecular weight excluding hydrogens is 218 g/mol. The molecule has 0 saturated heterocycles. The highest BCUT2D eigenvalue weighted by molar-refractivity contribution is 5.96. The maximum atomic E-state index is 11.8. The van der Waals surface area contributed by atoms with Crippen LogP contribution in [0.25, 0.3) is 0 Å². The summed E-state index contributed by atoms with van der Waals surface area (Å²) in [7, 11) is 0. The average Bonchev–Trinajstić information content (AvgIpc) is 2.26. The van der Waals surface area contributed by atoms with E-state index in [2.05, 4.69) is 10.6 Å². The monoisotopic (exact) mass is 243 g/mol. The van der Waals surface area contributed by atoms with Gasteiger partial charge in [0.05, 0.1) is 6.42 Å². The summed E-state index contributed by atoms with van der Waals surface area (Å²) < 4.78 is 0. The quantitative estimate of drug-likeness (QED) is 0.419. The summed E-state index contributed by atoms with van der Waals surface area (Å²) in [5.41, 5.74) is 0. The van der Waals surface area contributed by atoms with Crippen LogP contribution in [-0.4, -0.2) is 55.9 Å². The van der Waals surface area contributed by atoms with Gasteiger partial charge in [-0.15, -0.1) is 0 Å². The zero-order chi connectivity index (χ0) is 13.1. The molecular formula is C12H25N3O2. The fraction of sp³-hybridized carbons (Fsp3) is 0.833. The molecule has 0 heterocycles. The average molecular weight is 243 g/mol. The van der Waals surface area contributed by atoms with E-state index in [9.17, 15) is 9.59 Å². The van der Waals surface area contributed by atoms with Crippen molar-refractivity contribution in [2.75, 3.05) is 39.3 Å². The maximum Gasteiger partial charge on any atom is 0.230 e. The van der Waals surface area contributed by atoms with Gasteiger partial charge in [-0.05, 0) is 20.0 Å². The van der Waals surface area contributed by atoms with Crippen molar-refractivity contribution in [1.82, 2.24) is 15.5 Å². The highest BCUT2D eigenvalue weighted by Gasteiger charge is 2.14. The van der Waals surface area contributed by atoms with Crippen LogP contribution < -0.4 is 10.6 Å². The van der Waals surface area contributed by atoms with Crippen LogP contribution in [0.3, 0.4) is 0 Å². The number of carbonyl (C=O) groups excluding carboxylic acids is 2. The first-order valence-corrected chi connectivity index (χ1v) is 6.30. The molecule has 5 heteroatoms. The van der Waals surface area contributed by atoms with Gasteiger partial charge in [0.1, 0.15) is 5.78 Å². The summed E-state index contributed by atoms with van der Waals surface area (Å²) in [6, 6.07) is 0. The van der Waals surface area contributed by atoms with E-state index in [0.717, 1.165) is 26.2 Å². The van der Waals surface area contributed by atoms with Crippen LogP contribution in [0.15, 0.2) is 0 Å². The lowest BCUT2D eigenvalue weighted by atomic mass is 10.2. The van der Waals surface area contributed by atoms with E-state index in [1.165, 1.54) is 6.92 Å². The number of likely N-dealkylation sites (N-methyl/N-ethyl adjacent to an activating group) is 2. The van der Waals surface area contributed by atoms with E-state index >= 15 is 0 Å². The van der Waals surface area contributed by atoms with Crippen molar-refractivity contribution in [2.45, 2.75) is 27.2 Å². The van der Waals surface area contributed by atoms with E-state index in [4.69, 9.17) is 0 Å². The Morgan fingerprint density at radius 1 is 1.00 bits per heavy atom. The van der Waals surface area contributed by atoms with E-state index in [0.29, 0.717) is 13.1 Å². The van der Waals surface area contributed by atoms with Gasteiger partial charge in [0, 0.05) is 26.2 Å². The van der Waals surface area contributed by atoms with Crippen LogP contribution >= 0.6 is 0 Å². The van der Waals surface area contributed by atoms with Gasteiger partial charge in [-0.3, -0.25) is 9.59 Å². The topological polar surface area (TPSA) is 61.4 Å². The molecule has 0 aliphatic carbocycles. The number of ketones is 1. The predicted molar refractivity (Wildman–Crippen MR) is 69.0 cm³/mol. The number of nitrogens with one attached hydrogen (secondary N) is 2. The Hall–Kier alpha value is -0.940. The molecule has 2 N–H and O–H groups in total. The van der Waals surface area contributed by atoms with Gasteiger partial charge in [0.15, 0.2) is 0 Å². The second-order valence-electron chi connectivity index (χ2n) is 3.97. The van der Waals surface area contributed by atoms with Crippen molar-refractivity contribution >= 4 is 11.7 Å². The molecule has 0 bridgehead atoms. The third kappa shape index (κ3) is 8.83. The number of amides is 1. The summed E-state index contributed by atoms with van der Waals surface area (Å²) in [6.45, 7) is 10.1. The molecule has 0 atom stereocenters. The lowest BCUT2D eigenvalue weighted by Gasteiger charge is -2.22. The molecule has 5 nitrogen and oxygen atoms in total. The molecule has 0 radical (unpaired) electrons. The minimum absolute atomic E-state index is 0.0122. The second-order valence-corrected chi connectivity index (χ2v) is 3.97. The van der Waals surface area contributed by atoms with Gasteiger partial charge in [-0.25, -0.2) is 0 Å². The molecule has 0 aromatic heterocycles. The molecule has 100 valence electrons. The number of Topliss-reactive ketones (excluding diaryl/α,β-unsaturated/α-hetero) is 1. The third-order valence-corrected chi connectivity index (χ3v) is 2.37. The lowest BCUT2D eigenvalue weighted by Crippen LogP contribution is -2.41. The van der Waals surface area contributed by atoms with Gasteiger partial charge < -0.3 is 15.5 Å². The molecule has 0 fully saturated rings. The lowest BCUT2D eigenvalue weighted by molar-refractivity contribution is -0.134. The van der Waals surface area contributed by atoms with Crippen molar-refractivity contribution in [1.29, 1.82) is 0 Å². The zero-order valence-corrected chi connectivity index (χ0v) is 11.2. The minimum atomic E-state index is -0.0769. The molecule has 0 aromatic carbocycles. The van der Waals surface area contributed by atoms with Gasteiger partial charge in [0.2, 0.25) is 5.91 Å². The van der Waals surface area contributed by atoms with E-state index in [-0.39, 0.29) is 18.1 Å². The van der Waals surface area contributed by atoms with E-state index in [1.54, 1.807) is 4.90 Å². The van der Waals surface area contributed by atoms with Crippen molar-refractivity contribution in [2.24, 2.45) is 0 Å². The number of hydrogen-bond acceptors (Lipinski definition) is 4. The fourth-order valence-electron chi connectivity index (χ4n) is 1.47. The van der Waals surface area contributed by atoms with Crippen LogP contribution in [0, 0.1) is 0 Å². The molecule has 0 aromatic rings. The van der Waals surface area contributed by atoms with Crippen molar-refractivity contribution in [3.05, 3.63) is 0 Å². The number of carbonyl (C=O) groups is 2. The Bertz CT molecular complexity index is 222. The van der Waals surface area contributed by atoms with Gasteiger partial charge >= 0.3 is 0 Å². The Morgan fingerprint density at radius 2 is 1.47 bits per heavy atom. The molecule has 1 amide bonds. The first-order valence-electron chi connectivity index (χ1n) is 6.30. The van der Waals surface area contributed by atoms with E-state index in [1.807, 2.05) is 13.8 Å². The van der Waals surface area contributed by atoms with Crippen molar-refractivity contribution in [3.63, 3.8) is 0 Å². The van der Waals surface area contributed by atoms with Crippen LogP contribution in [0.5, 0.6) is 0 Å².